The lowest BCUT2D eigenvalue weighted by molar-refractivity contribution is 0.0985. The second-order valence-electron chi connectivity index (χ2n) is 5.44. The first-order valence-electron chi connectivity index (χ1n) is 7.78. The number of hydrogen-bond acceptors (Lipinski definition) is 5. The Kier molecular flexibility index (Phi) is 4.98. The van der Waals surface area contributed by atoms with E-state index in [4.69, 9.17) is 26.1 Å². The number of pyridine rings is 2. The van der Waals surface area contributed by atoms with Gasteiger partial charge in [0.25, 0.3) is 0 Å². The lowest BCUT2D eigenvalue weighted by Gasteiger charge is -2.34. The Balaban J connectivity index is 2.10. The molecule has 122 valence electrons. The molecule has 0 radical (unpaired) electrons. The fraction of sp³-hybridized carbons (Fsp3) is 0.412. The number of aromatic nitrogens is 2. The van der Waals surface area contributed by atoms with Gasteiger partial charge in [-0.1, -0.05) is 11.6 Å². The minimum Gasteiger partial charge on any atom is -0.501 e. The number of rotatable bonds is 4. The number of hydrogen-bond donors (Lipinski definition) is 0. The summed E-state index contributed by atoms with van der Waals surface area (Å²) >= 11 is 6.27. The third-order valence-electron chi connectivity index (χ3n) is 3.87. The lowest BCUT2D eigenvalue weighted by atomic mass is 10.1. The first-order chi connectivity index (χ1) is 11.2. The summed E-state index contributed by atoms with van der Waals surface area (Å²) in [6, 6.07) is 4.26. The second-order valence-corrected chi connectivity index (χ2v) is 5.80. The van der Waals surface area contributed by atoms with Crippen molar-refractivity contribution < 1.29 is 9.47 Å². The quantitative estimate of drug-likeness (QED) is 0.633. The van der Waals surface area contributed by atoms with Gasteiger partial charge in [-0.05, 0) is 37.6 Å². The van der Waals surface area contributed by atoms with Crippen LogP contribution in [0.4, 0.5) is 5.82 Å². The SMILES string of the molecule is CCO/C=C/c1cc(N2CCOC[C@H]2C)nc2c(Cl)nccc12. The molecule has 23 heavy (non-hydrogen) atoms. The molecule has 0 amide bonds. The summed E-state index contributed by atoms with van der Waals surface area (Å²) in [6.45, 7) is 6.93. The molecule has 0 bridgehead atoms. The van der Waals surface area contributed by atoms with E-state index in [0.717, 1.165) is 23.3 Å². The molecule has 1 aliphatic heterocycles. The van der Waals surface area contributed by atoms with Gasteiger partial charge in [-0.15, -0.1) is 0 Å². The molecule has 1 fully saturated rings. The van der Waals surface area contributed by atoms with E-state index >= 15 is 0 Å². The van der Waals surface area contributed by atoms with Crippen molar-refractivity contribution in [2.45, 2.75) is 19.9 Å². The van der Waals surface area contributed by atoms with E-state index < -0.39 is 0 Å². The van der Waals surface area contributed by atoms with Crippen molar-refractivity contribution in [1.29, 1.82) is 0 Å². The van der Waals surface area contributed by atoms with Crippen molar-refractivity contribution in [1.82, 2.24) is 9.97 Å². The molecule has 0 saturated carbocycles. The molecule has 0 N–H and O–H groups in total. The number of morpholine rings is 1. The van der Waals surface area contributed by atoms with E-state index in [-0.39, 0.29) is 6.04 Å². The van der Waals surface area contributed by atoms with Gasteiger partial charge in [0.15, 0.2) is 5.15 Å². The van der Waals surface area contributed by atoms with E-state index in [9.17, 15) is 0 Å². The molecular formula is C17H20ClN3O2. The summed E-state index contributed by atoms with van der Waals surface area (Å²) in [5.74, 6) is 0.888. The van der Waals surface area contributed by atoms with E-state index in [0.29, 0.717) is 30.5 Å². The fourth-order valence-electron chi connectivity index (χ4n) is 2.70. The lowest BCUT2D eigenvalue weighted by Crippen LogP contribution is -2.44. The third kappa shape index (κ3) is 3.41. The first kappa shape index (κ1) is 16.0. The van der Waals surface area contributed by atoms with Crippen molar-refractivity contribution in [2.24, 2.45) is 0 Å². The fourth-order valence-corrected chi connectivity index (χ4v) is 2.90. The zero-order chi connectivity index (χ0) is 16.2. The predicted molar refractivity (Wildman–Crippen MR) is 92.8 cm³/mol. The average Bonchev–Trinajstić information content (AvgIpc) is 2.56. The zero-order valence-corrected chi connectivity index (χ0v) is 14.1. The van der Waals surface area contributed by atoms with Gasteiger partial charge in [-0.25, -0.2) is 9.97 Å². The summed E-state index contributed by atoms with van der Waals surface area (Å²) in [5, 5.41) is 1.38. The highest BCUT2D eigenvalue weighted by Gasteiger charge is 2.21. The van der Waals surface area contributed by atoms with E-state index in [1.165, 1.54) is 0 Å². The molecule has 0 aromatic carbocycles. The third-order valence-corrected chi connectivity index (χ3v) is 4.15. The predicted octanol–water partition coefficient (Wildman–Crippen LogP) is 3.52. The van der Waals surface area contributed by atoms with Gasteiger partial charge in [0.1, 0.15) is 11.3 Å². The van der Waals surface area contributed by atoms with Crippen LogP contribution in [0.2, 0.25) is 5.15 Å². The summed E-state index contributed by atoms with van der Waals surface area (Å²) in [6.07, 6.45) is 5.34. The summed E-state index contributed by atoms with van der Waals surface area (Å²) in [7, 11) is 0. The minimum absolute atomic E-state index is 0.271. The van der Waals surface area contributed by atoms with Gasteiger partial charge >= 0.3 is 0 Å². The Hall–Kier alpha value is -1.85. The highest BCUT2D eigenvalue weighted by molar-refractivity contribution is 6.34. The van der Waals surface area contributed by atoms with E-state index in [1.807, 2.05) is 19.1 Å². The topological polar surface area (TPSA) is 47.5 Å². The smallest absolute Gasteiger partial charge is 0.155 e. The van der Waals surface area contributed by atoms with Gasteiger partial charge in [0.05, 0.1) is 32.1 Å². The van der Waals surface area contributed by atoms with Crippen molar-refractivity contribution in [3.05, 3.63) is 35.3 Å². The monoisotopic (exact) mass is 333 g/mol. The molecule has 0 spiro atoms. The van der Waals surface area contributed by atoms with Crippen molar-refractivity contribution in [3.63, 3.8) is 0 Å². The van der Waals surface area contributed by atoms with Gasteiger partial charge in [-0.3, -0.25) is 0 Å². The highest BCUT2D eigenvalue weighted by atomic mass is 35.5. The van der Waals surface area contributed by atoms with Crippen LogP contribution in [0.3, 0.4) is 0 Å². The number of anilines is 1. The highest BCUT2D eigenvalue weighted by Crippen LogP contribution is 2.29. The van der Waals surface area contributed by atoms with Crippen LogP contribution in [0.25, 0.3) is 17.0 Å². The maximum absolute atomic E-state index is 6.27. The number of halogens is 1. The Morgan fingerprint density at radius 3 is 3.17 bits per heavy atom. The largest absolute Gasteiger partial charge is 0.501 e. The average molecular weight is 334 g/mol. The summed E-state index contributed by atoms with van der Waals surface area (Å²) < 4.78 is 10.9. The van der Waals surface area contributed by atoms with Crippen LogP contribution in [0, 0.1) is 0 Å². The molecule has 3 heterocycles. The molecule has 2 aromatic rings. The van der Waals surface area contributed by atoms with Gasteiger partial charge in [0, 0.05) is 18.1 Å². The molecular weight excluding hydrogens is 314 g/mol. The van der Waals surface area contributed by atoms with Gasteiger partial charge < -0.3 is 14.4 Å². The van der Waals surface area contributed by atoms with Crippen molar-refractivity contribution >= 4 is 34.4 Å². The van der Waals surface area contributed by atoms with Crippen LogP contribution < -0.4 is 4.90 Å². The Morgan fingerprint density at radius 2 is 2.39 bits per heavy atom. The molecule has 2 aromatic heterocycles. The summed E-state index contributed by atoms with van der Waals surface area (Å²) in [4.78, 5) is 11.1. The molecule has 1 aliphatic rings. The van der Waals surface area contributed by atoms with E-state index in [1.54, 1.807) is 12.5 Å². The zero-order valence-electron chi connectivity index (χ0n) is 13.3. The molecule has 5 nitrogen and oxygen atoms in total. The molecule has 6 heteroatoms. The Morgan fingerprint density at radius 1 is 1.52 bits per heavy atom. The van der Waals surface area contributed by atoms with Crippen LogP contribution in [-0.2, 0) is 9.47 Å². The molecule has 1 saturated heterocycles. The van der Waals surface area contributed by atoms with Crippen molar-refractivity contribution in [3.8, 4) is 0 Å². The van der Waals surface area contributed by atoms with E-state index in [2.05, 4.69) is 22.9 Å². The van der Waals surface area contributed by atoms with Gasteiger partial charge in [0.2, 0.25) is 0 Å². The second kappa shape index (κ2) is 7.15. The minimum atomic E-state index is 0.271. The summed E-state index contributed by atoms with van der Waals surface area (Å²) in [5.41, 5.74) is 1.72. The van der Waals surface area contributed by atoms with Crippen LogP contribution in [0.15, 0.2) is 24.6 Å². The number of ether oxygens (including phenoxy) is 2. The maximum atomic E-state index is 6.27. The Bertz CT molecular complexity index is 720. The maximum Gasteiger partial charge on any atom is 0.155 e. The molecule has 0 aliphatic carbocycles. The number of fused-ring (bicyclic) bond motifs is 1. The van der Waals surface area contributed by atoms with Crippen molar-refractivity contribution in [2.75, 3.05) is 31.3 Å². The normalized spacial score (nSPS) is 18.7. The van der Waals surface area contributed by atoms with Gasteiger partial charge in [-0.2, -0.15) is 0 Å². The molecule has 1 atom stereocenters. The number of nitrogens with zero attached hydrogens (tertiary/aromatic N) is 3. The van der Waals surface area contributed by atoms with Crippen LogP contribution in [0.1, 0.15) is 19.4 Å². The van der Waals surface area contributed by atoms with Crippen LogP contribution >= 0.6 is 11.6 Å². The molecule has 0 unspecified atom stereocenters. The van der Waals surface area contributed by atoms with Crippen LogP contribution in [0.5, 0.6) is 0 Å². The Labute approximate surface area is 140 Å². The standard InChI is InChI=1S/C17H20ClN3O2/c1-3-22-8-5-13-10-15(21-7-9-23-11-12(21)2)20-16-14(13)4-6-19-17(16)18/h4-6,8,10,12H,3,7,9,11H2,1-2H3/b8-5+/t12-/m1/s1. The van der Waals surface area contributed by atoms with Crippen LogP contribution in [-0.4, -0.2) is 42.4 Å². The molecule has 3 rings (SSSR count). The first-order valence-corrected chi connectivity index (χ1v) is 8.16.